The molecule has 0 spiro atoms. The number of aromatic nitrogens is 3. The third-order valence-electron chi connectivity index (χ3n) is 5.26. The standard InChI is InChI=1S/C21H35N7O2S/c1-3-20-26-25-17-28(20)9-8-23-21(22-7-5-12-29-2)24-16-18(19-6-4-15-31-19)27-10-13-30-14-11-27/h4,6,15,17-18H,3,5,7-14,16H2,1-2H3,(H2,22,23,24). The van der Waals surface area contributed by atoms with Gasteiger partial charge in [0, 0.05) is 57.7 Å². The second kappa shape index (κ2) is 13.4. The van der Waals surface area contributed by atoms with E-state index in [9.17, 15) is 0 Å². The lowest BCUT2D eigenvalue weighted by Crippen LogP contribution is -2.42. The van der Waals surface area contributed by atoms with Crippen LogP contribution in [0.25, 0.3) is 0 Å². The molecule has 3 heterocycles. The van der Waals surface area contributed by atoms with Gasteiger partial charge in [-0.2, -0.15) is 0 Å². The largest absolute Gasteiger partial charge is 0.385 e. The van der Waals surface area contributed by atoms with Crippen LogP contribution in [-0.4, -0.2) is 85.3 Å². The molecule has 2 aromatic heterocycles. The van der Waals surface area contributed by atoms with Gasteiger partial charge < -0.3 is 24.7 Å². The first-order valence-electron chi connectivity index (χ1n) is 11.0. The van der Waals surface area contributed by atoms with Gasteiger partial charge in [-0.15, -0.1) is 21.5 Å². The Kier molecular flexibility index (Phi) is 10.2. The van der Waals surface area contributed by atoms with Crippen molar-refractivity contribution in [2.45, 2.75) is 32.4 Å². The van der Waals surface area contributed by atoms with Crippen LogP contribution in [0.15, 0.2) is 28.8 Å². The van der Waals surface area contributed by atoms with Gasteiger partial charge in [-0.05, 0) is 17.9 Å². The lowest BCUT2D eigenvalue weighted by molar-refractivity contribution is 0.0186. The average Bonchev–Trinajstić information content (AvgIpc) is 3.49. The van der Waals surface area contributed by atoms with Crippen molar-refractivity contribution in [3.8, 4) is 0 Å². The average molecular weight is 450 g/mol. The van der Waals surface area contributed by atoms with Crippen LogP contribution in [-0.2, 0) is 22.4 Å². The van der Waals surface area contributed by atoms with E-state index < -0.39 is 0 Å². The lowest BCUT2D eigenvalue weighted by atomic mass is 10.2. The minimum atomic E-state index is 0.269. The number of thiophene rings is 1. The molecule has 1 atom stereocenters. The van der Waals surface area contributed by atoms with Crippen LogP contribution in [0.1, 0.15) is 30.1 Å². The SMILES string of the molecule is CCc1nncn1CCNC(=NCC(c1cccs1)N1CCOCC1)NCCCOC. The number of nitrogens with one attached hydrogen (secondary N) is 2. The number of aryl methyl sites for hydroxylation is 1. The van der Waals surface area contributed by atoms with Gasteiger partial charge in [0.2, 0.25) is 0 Å². The fourth-order valence-electron chi connectivity index (χ4n) is 3.56. The van der Waals surface area contributed by atoms with Crippen LogP contribution in [0, 0.1) is 0 Å². The molecule has 0 bridgehead atoms. The first kappa shape index (κ1) is 23.6. The molecule has 1 unspecified atom stereocenters. The van der Waals surface area contributed by atoms with Gasteiger partial charge in [0.25, 0.3) is 0 Å². The second-order valence-corrected chi connectivity index (χ2v) is 8.34. The highest BCUT2D eigenvalue weighted by Gasteiger charge is 2.23. The summed E-state index contributed by atoms with van der Waals surface area (Å²) in [5.74, 6) is 1.83. The third kappa shape index (κ3) is 7.57. The zero-order chi connectivity index (χ0) is 21.7. The van der Waals surface area contributed by atoms with Crippen molar-refractivity contribution >= 4 is 17.3 Å². The van der Waals surface area contributed by atoms with Crippen LogP contribution < -0.4 is 10.6 Å². The van der Waals surface area contributed by atoms with E-state index in [-0.39, 0.29) is 6.04 Å². The maximum Gasteiger partial charge on any atom is 0.191 e. The predicted molar refractivity (Wildman–Crippen MR) is 124 cm³/mol. The molecule has 0 aliphatic carbocycles. The van der Waals surface area contributed by atoms with Crippen LogP contribution in [0.3, 0.4) is 0 Å². The smallest absolute Gasteiger partial charge is 0.191 e. The van der Waals surface area contributed by atoms with Gasteiger partial charge in [-0.1, -0.05) is 13.0 Å². The van der Waals surface area contributed by atoms with Crippen molar-refractivity contribution in [1.29, 1.82) is 0 Å². The Morgan fingerprint density at radius 2 is 2.16 bits per heavy atom. The summed E-state index contributed by atoms with van der Waals surface area (Å²) >= 11 is 1.79. The van der Waals surface area contributed by atoms with Gasteiger partial charge >= 0.3 is 0 Å². The number of morpholine rings is 1. The minimum Gasteiger partial charge on any atom is -0.385 e. The molecule has 0 amide bonds. The number of hydrogen-bond acceptors (Lipinski definition) is 7. The van der Waals surface area contributed by atoms with Crippen molar-refractivity contribution in [1.82, 2.24) is 30.3 Å². The highest BCUT2D eigenvalue weighted by molar-refractivity contribution is 7.10. The number of rotatable bonds is 12. The Balaban J connectivity index is 1.62. The Hall–Kier alpha value is -2.01. The first-order chi connectivity index (χ1) is 15.3. The Morgan fingerprint density at radius 1 is 1.32 bits per heavy atom. The number of guanidine groups is 1. The monoisotopic (exact) mass is 449 g/mol. The van der Waals surface area contributed by atoms with E-state index in [0.29, 0.717) is 6.54 Å². The normalized spacial score (nSPS) is 16.4. The molecular formula is C21H35N7O2S. The van der Waals surface area contributed by atoms with Gasteiger partial charge in [0.05, 0.1) is 25.8 Å². The number of ether oxygens (including phenoxy) is 2. The second-order valence-electron chi connectivity index (χ2n) is 7.36. The summed E-state index contributed by atoms with van der Waals surface area (Å²) < 4.78 is 12.8. The summed E-state index contributed by atoms with van der Waals surface area (Å²) in [6, 6.07) is 4.59. The topological polar surface area (TPSA) is 88.8 Å². The highest BCUT2D eigenvalue weighted by atomic mass is 32.1. The van der Waals surface area contributed by atoms with Crippen LogP contribution >= 0.6 is 11.3 Å². The molecule has 9 nitrogen and oxygen atoms in total. The van der Waals surface area contributed by atoms with E-state index in [2.05, 4.69) is 54.7 Å². The summed E-state index contributed by atoms with van der Waals surface area (Å²) in [7, 11) is 1.73. The van der Waals surface area contributed by atoms with Crippen molar-refractivity contribution in [2.24, 2.45) is 4.99 Å². The molecule has 31 heavy (non-hydrogen) atoms. The van der Waals surface area contributed by atoms with Gasteiger partial charge in [0.15, 0.2) is 5.96 Å². The lowest BCUT2D eigenvalue weighted by Gasteiger charge is -2.33. The van der Waals surface area contributed by atoms with Crippen molar-refractivity contribution in [3.63, 3.8) is 0 Å². The molecule has 172 valence electrons. The zero-order valence-corrected chi connectivity index (χ0v) is 19.4. The maximum absolute atomic E-state index is 5.55. The summed E-state index contributed by atoms with van der Waals surface area (Å²) in [6.07, 6.45) is 3.59. The van der Waals surface area contributed by atoms with E-state index in [0.717, 1.165) is 77.2 Å². The molecule has 1 saturated heterocycles. The van der Waals surface area contributed by atoms with E-state index in [1.54, 1.807) is 24.8 Å². The minimum absolute atomic E-state index is 0.269. The molecule has 0 radical (unpaired) electrons. The number of nitrogens with zero attached hydrogens (tertiary/aromatic N) is 5. The number of hydrogen-bond donors (Lipinski definition) is 2. The molecule has 3 rings (SSSR count). The molecule has 2 N–H and O–H groups in total. The molecular weight excluding hydrogens is 414 g/mol. The zero-order valence-electron chi connectivity index (χ0n) is 18.6. The van der Waals surface area contributed by atoms with Gasteiger partial charge in [-0.25, -0.2) is 0 Å². The van der Waals surface area contributed by atoms with Crippen LogP contribution in [0.5, 0.6) is 0 Å². The molecule has 1 aliphatic heterocycles. The van der Waals surface area contributed by atoms with Crippen molar-refractivity contribution in [2.75, 3.05) is 59.7 Å². The highest BCUT2D eigenvalue weighted by Crippen LogP contribution is 2.26. The molecule has 2 aromatic rings. The first-order valence-corrected chi connectivity index (χ1v) is 11.9. The number of methoxy groups -OCH3 is 1. The van der Waals surface area contributed by atoms with E-state index in [1.165, 1.54) is 4.88 Å². The van der Waals surface area contributed by atoms with Crippen molar-refractivity contribution in [3.05, 3.63) is 34.5 Å². The Labute approximate surface area is 188 Å². The van der Waals surface area contributed by atoms with Crippen LogP contribution in [0.4, 0.5) is 0 Å². The molecule has 0 saturated carbocycles. The van der Waals surface area contributed by atoms with Gasteiger partial charge in [-0.3, -0.25) is 9.89 Å². The van der Waals surface area contributed by atoms with E-state index in [1.807, 2.05) is 0 Å². The fraction of sp³-hybridized carbons (Fsp3) is 0.667. The molecule has 10 heteroatoms. The molecule has 1 aliphatic rings. The quantitative estimate of drug-likeness (QED) is 0.289. The number of aliphatic imine (C=N–C) groups is 1. The third-order valence-corrected chi connectivity index (χ3v) is 6.23. The van der Waals surface area contributed by atoms with Crippen LogP contribution in [0.2, 0.25) is 0 Å². The van der Waals surface area contributed by atoms with E-state index >= 15 is 0 Å². The summed E-state index contributed by atoms with van der Waals surface area (Å²) in [5, 5.41) is 17.2. The molecule has 0 aromatic carbocycles. The maximum atomic E-state index is 5.55. The Morgan fingerprint density at radius 3 is 2.90 bits per heavy atom. The summed E-state index contributed by atoms with van der Waals surface area (Å²) in [4.78, 5) is 8.78. The van der Waals surface area contributed by atoms with Gasteiger partial charge in [0.1, 0.15) is 12.2 Å². The fourth-order valence-corrected chi connectivity index (χ4v) is 4.42. The van der Waals surface area contributed by atoms with Crippen molar-refractivity contribution < 1.29 is 9.47 Å². The predicted octanol–water partition coefficient (Wildman–Crippen LogP) is 1.55. The van der Waals surface area contributed by atoms with E-state index in [4.69, 9.17) is 14.5 Å². The summed E-state index contributed by atoms with van der Waals surface area (Å²) in [5.41, 5.74) is 0. The molecule has 1 fully saturated rings. The summed E-state index contributed by atoms with van der Waals surface area (Å²) in [6.45, 7) is 9.33. The Bertz CT molecular complexity index is 760.